The Kier molecular flexibility index (Phi) is 5.13. The van der Waals surface area contributed by atoms with Crippen molar-refractivity contribution in [1.29, 1.82) is 0 Å². The molecule has 1 aliphatic carbocycles. The Morgan fingerprint density at radius 1 is 1.15 bits per heavy atom. The number of benzene rings is 1. The Balaban J connectivity index is 1.37. The van der Waals surface area contributed by atoms with Gasteiger partial charge in [-0.15, -0.1) is 5.10 Å². The maximum atomic E-state index is 12.7. The predicted molar refractivity (Wildman–Crippen MR) is 97.7 cm³/mol. The maximum Gasteiger partial charge on any atom is 0.225 e. The van der Waals surface area contributed by atoms with E-state index >= 15 is 0 Å². The molecule has 2 amide bonds. The van der Waals surface area contributed by atoms with Crippen molar-refractivity contribution in [3.63, 3.8) is 0 Å². The molecule has 0 bridgehead atoms. The number of nitrogens with one attached hydrogen (secondary N) is 1. The lowest BCUT2D eigenvalue weighted by Crippen LogP contribution is -2.49. The summed E-state index contributed by atoms with van der Waals surface area (Å²) < 4.78 is 1.62. The molecule has 1 atom stereocenters. The molecule has 1 aromatic heterocycles. The maximum absolute atomic E-state index is 12.7. The van der Waals surface area contributed by atoms with Crippen LogP contribution in [0, 0.1) is 5.92 Å². The van der Waals surface area contributed by atoms with Crippen LogP contribution < -0.4 is 5.32 Å². The first-order chi connectivity index (χ1) is 13.2. The van der Waals surface area contributed by atoms with E-state index in [4.69, 9.17) is 0 Å². The second-order valence-corrected chi connectivity index (χ2v) is 7.28. The summed E-state index contributed by atoms with van der Waals surface area (Å²) >= 11 is 0. The molecule has 27 heavy (non-hydrogen) atoms. The molecule has 2 aliphatic rings. The van der Waals surface area contributed by atoms with Crippen LogP contribution in [-0.2, 0) is 16.1 Å². The Bertz CT molecular complexity index is 800. The van der Waals surface area contributed by atoms with Gasteiger partial charge in [0.2, 0.25) is 11.8 Å². The van der Waals surface area contributed by atoms with Crippen molar-refractivity contribution in [2.75, 3.05) is 6.54 Å². The molecule has 1 aromatic carbocycles. The number of carbonyl (C=O) groups excluding carboxylic acids is 2. The first-order valence-electron chi connectivity index (χ1n) is 9.62. The van der Waals surface area contributed by atoms with E-state index in [-0.39, 0.29) is 24.3 Å². The summed E-state index contributed by atoms with van der Waals surface area (Å²) in [6.45, 7) is 0.785. The summed E-state index contributed by atoms with van der Waals surface area (Å²) in [4.78, 5) is 26.9. The number of likely N-dealkylation sites (tertiary alicyclic amines) is 1. The fourth-order valence-corrected chi connectivity index (χ4v) is 4.05. The lowest BCUT2D eigenvalue weighted by Gasteiger charge is -2.36. The molecule has 1 aliphatic heterocycles. The van der Waals surface area contributed by atoms with Crippen molar-refractivity contribution in [2.24, 2.45) is 5.92 Å². The molecule has 8 heteroatoms. The third-order valence-electron chi connectivity index (χ3n) is 5.54. The van der Waals surface area contributed by atoms with E-state index in [1.807, 2.05) is 35.2 Å². The fourth-order valence-electron chi connectivity index (χ4n) is 4.05. The van der Waals surface area contributed by atoms with Gasteiger partial charge in [0, 0.05) is 19.0 Å². The highest BCUT2D eigenvalue weighted by atomic mass is 16.2. The highest BCUT2D eigenvalue weighted by Crippen LogP contribution is 2.28. The number of aromatic nitrogens is 4. The molecule has 4 rings (SSSR count). The monoisotopic (exact) mass is 368 g/mol. The largest absolute Gasteiger partial charge is 0.348 e. The highest BCUT2D eigenvalue weighted by Gasteiger charge is 2.35. The second kappa shape index (κ2) is 7.85. The molecule has 2 aromatic rings. The topological polar surface area (TPSA) is 93.0 Å². The minimum atomic E-state index is -0.163. The van der Waals surface area contributed by atoms with Crippen molar-refractivity contribution >= 4 is 11.8 Å². The number of para-hydroxylation sites is 1. The van der Waals surface area contributed by atoms with E-state index in [0.29, 0.717) is 31.3 Å². The van der Waals surface area contributed by atoms with Gasteiger partial charge in [-0.05, 0) is 41.8 Å². The average Bonchev–Trinajstić information content (AvgIpc) is 3.39. The van der Waals surface area contributed by atoms with Gasteiger partial charge >= 0.3 is 0 Å². The Morgan fingerprint density at radius 2 is 1.93 bits per heavy atom. The summed E-state index contributed by atoms with van der Waals surface area (Å²) in [5, 5.41) is 14.7. The molecule has 0 unspecified atom stereocenters. The summed E-state index contributed by atoms with van der Waals surface area (Å²) in [7, 11) is 0. The molecule has 8 nitrogen and oxygen atoms in total. The average molecular weight is 368 g/mol. The third kappa shape index (κ3) is 3.84. The third-order valence-corrected chi connectivity index (χ3v) is 5.54. The van der Waals surface area contributed by atoms with E-state index < -0.39 is 0 Å². The molecule has 2 heterocycles. The zero-order valence-corrected chi connectivity index (χ0v) is 15.3. The summed E-state index contributed by atoms with van der Waals surface area (Å²) in [6.07, 6.45) is 5.53. The minimum Gasteiger partial charge on any atom is -0.348 e. The first kappa shape index (κ1) is 17.6. The molecule has 1 saturated carbocycles. The smallest absolute Gasteiger partial charge is 0.225 e. The summed E-state index contributed by atoms with van der Waals surface area (Å²) in [6, 6.07) is 9.89. The van der Waals surface area contributed by atoms with Crippen molar-refractivity contribution < 1.29 is 9.59 Å². The van der Waals surface area contributed by atoms with Gasteiger partial charge in [-0.25, -0.2) is 0 Å². The van der Waals surface area contributed by atoms with Gasteiger partial charge in [-0.3, -0.25) is 9.59 Å². The van der Waals surface area contributed by atoms with Crippen LogP contribution in [0.15, 0.2) is 30.3 Å². The lowest BCUT2D eigenvalue weighted by atomic mass is 9.95. The Labute approximate surface area is 157 Å². The summed E-state index contributed by atoms with van der Waals surface area (Å²) in [5.41, 5.74) is 0.849. The van der Waals surface area contributed by atoms with E-state index in [9.17, 15) is 9.59 Å². The number of rotatable bonds is 5. The molecular formula is C19H24N6O2. The fraction of sp³-hybridized carbons (Fsp3) is 0.526. The lowest BCUT2D eigenvalue weighted by molar-refractivity contribution is -0.140. The van der Waals surface area contributed by atoms with E-state index in [2.05, 4.69) is 20.8 Å². The van der Waals surface area contributed by atoms with Gasteiger partial charge in [0.1, 0.15) is 0 Å². The van der Waals surface area contributed by atoms with Gasteiger partial charge < -0.3 is 10.2 Å². The second-order valence-electron chi connectivity index (χ2n) is 7.28. The van der Waals surface area contributed by atoms with Crippen LogP contribution in [-0.4, -0.2) is 49.5 Å². The number of tetrazole rings is 1. The van der Waals surface area contributed by atoms with Crippen molar-refractivity contribution in [3.05, 3.63) is 36.2 Å². The number of carbonyl (C=O) groups is 2. The molecule has 1 saturated heterocycles. The normalized spacial score (nSPS) is 20.8. The van der Waals surface area contributed by atoms with Crippen molar-refractivity contribution in [2.45, 2.75) is 51.1 Å². The highest BCUT2D eigenvalue weighted by molar-refractivity contribution is 5.84. The van der Waals surface area contributed by atoms with E-state index in [1.54, 1.807) is 4.68 Å². The van der Waals surface area contributed by atoms with Crippen LogP contribution in [0.25, 0.3) is 5.69 Å². The van der Waals surface area contributed by atoms with Gasteiger partial charge in [-0.1, -0.05) is 31.0 Å². The van der Waals surface area contributed by atoms with Crippen LogP contribution in [0.2, 0.25) is 0 Å². The van der Waals surface area contributed by atoms with Crippen molar-refractivity contribution in [3.8, 4) is 5.69 Å². The van der Waals surface area contributed by atoms with Gasteiger partial charge in [0.15, 0.2) is 5.82 Å². The number of hydrogen-bond donors (Lipinski definition) is 1. The number of amides is 2. The molecule has 2 fully saturated rings. The Morgan fingerprint density at radius 3 is 2.70 bits per heavy atom. The number of hydrogen-bond acceptors (Lipinski definition) is 5. The van der Waals surface area contributed by atoms with Crippen LogP contribution in [0.1, 0.15) is 44.3 Å². The van der Waals surface area contributed by atoms with E-state index in [1.165, 1.54) is 12.8 Å². The first-order valence-corrected chi connectivity index (χ1v) is 9.62. The Hall–Kier alpha value is -2.77. The molecule has 1 N–H and O–H groups in total. The molecular weight excluding hydrogens is 344 g/mol. The zero-order valence-electron chi connectivity index (χ0n) is 15.3. The van der Waals surface area contributed by atoms with E-state index in [0.717, 1.165) is 18.5 Å². The molecule has 0 spiro atoms. The zero-order chi connectivity index (χ0) is 18.6. The molecule has 142 valence electrons. The number of nitrogens with zero attached hydrogens (tertiary/aromatic N) is 5. The van der Waals surface area contributed by atoms with Crippen LogP contribution in [0.4, 0.5) is 0 Å². The predicted octanol–water partition coefficient (Wildman–Crippen LogP) is 1.46. The standard InChI is InChI=1S/C19H24N6O2/c26-18-11-10-14(13-24(18)15-6-4-5-7-15)19(27)20-12-17-21-22-23-25(17)16-8-2-1-3-9-16/h1-3,8-9,14-15H,4-7,10-13H2,(H,20,27)/t14-/m1/s1. The van der Waals surface area contributed by atoms with Gasteiger partial charge in [0.25, 0.3) is 0 Å². The van der Waals surface area contributed by atoms with Gasteiger partial charge in [0.05, 0.1) is 18.2 Å². The quantitative estimate of drug-likeness (QED) is 0.862. The van der Waals surface area contributed by atoms with Crippen LogP contribution in [0.5, 0.6) is 0 Å². The van der Waals surface area contributed by atoms with Crippen molar-refractivity contribution in [1.82, 2.24) is 30.4 Å². The minimum absolute atomic E-state index is 0.0342. The van der Waals surface area contributed by atoms with Crippen LogP contribution in [0.3, 0.4) is 0 Å². The SMILES string of the molecule is O=C(NCc1nnnn1-c1ccccc1)[C@@H]1CCC(=O)N(C2CCCC2)C1. The number of piperidine rings is 1. The molecule has 0 radical (unpaired) electrons. The summed E-state index contributed by atoms with van der Waals surface area (Å²) in [5.74, 6) is 0.575. The van der Waals surface area contributed by atoms with Crippen LogP contribution >= 0.6 is 0 Å². The van der Waals surface area contributed by atoms with Gasteiger partial charge in [-0.2, -0.15) is 4.68 Å².